The maximum atomic E-state index is 9.96. The first-order chi connectivity index (χ1) is 6.99. The van der Waals surface area contributed by atoms with Crippen molar-refractivity contribution in [3.8, 4) is 0 Å². The van der Waals surface area contributed by atoms with Crippen LogP contribution in [0.4, 0.5) is 0 Å². The maximum Gasteiger partial charge on any atom is 0.0790 e. The SMILES string of the molecule is Cc1cc(Cl)cc(C(O)CCC(C)C)c1. The van der Waals surface area contributed by atoms with E-state index >= 15 is 0 Å². The molecular formula is C13H19ClO. The van der Waals surface area contributed by atoms with E-state index in [1.54, 1.807) is 0 Å². The van der Waals surface area contributed by atoms with Gasteiger partial charge in [0.05, 0.1) is 6.10 Å². The second-order valence-corrected chi connectivity index (χ2v) is 4.99. The number of aryl methyl sites for hydroxylation is 1. The second kappa shape index (κ2) is 5.53. The van der Waals surface area contributed by atoms with Crippen molar-refractivity contribution in [2.24, 2.45) is 5.92 Å². The van der Waals surface area contributed by atoms with E-state index in [0.717, 1.165) is 24.0 Å². The predicted octanol–water partition coefficient (Wildman–Crippen LogP) is 4.12. The highest BCUT2D eigenvalue weighted by atomic mass is 35.5. The molecule has 0 saturated carbocycles. The lowest BCUT2D eigenvalue weighted by Crippen LogP contribution is -2.00. The lowest BCUT2D eigenvalue weighted by Gasteiger charge is -2.13. The summed E-state index contributed by atoms with van der Waals surface area (Å²) in [6.07, 6.45) is 1.45. The highest BCUT2D eigenvalue weighted by Gasteiger charge is 2.09. The van der Waals surface area contributed by atoms with Crippen molar-refractivity contribution in [3.05, 3.63) is 34.3 Å². The fraction of sp³-hybridized carbons (Fsp3) is 0.538. The summed E-state index contributed by atoms with van der Waals surface area (Å²) in [7, 11) is 0. The van der Waals surface area contributed by atoms with Crippen molar-refractivity contribution in [2.45, 2.75) is 39.7 Å². The molecule has 1 nitrogen and oxygen atoms in total. The minimum absolute atomic E-state index is 0.384. The number of hydrogen-bond donors (Lipinski definition) is 1. The lowest BCUT2D eigenvalue weighted by molar-refractivity contribution is 0.159. The molecule has 0 aliphatic heterocycles. The molecule has 84 valence electrons. The molecule has 0 fully saturated rings. The Morgan fingerprint density at radius 2 is 1.87 bits per heavy atom. The highest BCUT2D eigenvalue weighted by molar-refractivity contribution is 6.30. The largest absolute Gasteiger partial charge is 0.388 e. The van der Waals surface area contributed by atoms with E-state index in [0.29, 0.717) is 10.9 Å². The Morgan fingerprint density at radius 3 is 2.40 bits per heavy atom. The van der Waals surface area contributed by atoms with E-state index in [1.165, 1.54) is 0 Å². The van der Waals surface area contributed by atoms with Gasteiger partial charge in [-0.3, -0.25) is 0 Å². The van der Waals surface area contributed by atoms with Crippen LogP contribution in [0.1, 0.15) is 43.9 Å². The van der Waals surface area contributed by atoms with Crippen molar-refractivity contribution in [1.82, 2.24) is 0 Å². The molecule has 15 heavy (non-hydrogen) atoms. The Hall–Kier alpha value is -0.530. The van der Waals surface area contributed by atoms with E-state index in [4.69, 9.17) is 11.6 Å². The maximum absolute atomic E-state index is 9.96. The van der Waals surface area contributed by atoms with Crippen molar-refractivity contribution in [3.63, 3.8) is 0 Å². The second-order valence-electron chi connectivity index (χ2n) is 4.55. The molecular weight excluding hydrogens is 208 g/mol. The number of benzene rings is 1. The zero-order valence-electron chi connectivity index (χ0n) is 9.63. The summed E-state index contributed by atoms with van der Waals surface area (Å²) in [5.74, 6) is 0.625. The fourth-order valence-corrected chi connectivity index (χ4v) is 1.91. The van der Waals surface area contributed by atoms with Crippen LogP contribution in [0.15, 0.2) is 18.2 Å². The molecule has 0 saturated heterocycles. The molecule has 0 bridgehead atoms. The van der Waals surface area contributed by atoms with Gasteiger partial charge in [-0.1, -0.05) is 31.5 Å². The van der Waals surface area contributed by atoms with Gasteiger partial charge in [-0.2, -0.15) is 0 Å². The molecule has 1 atom stereocenters. The smallest absolute Gasteiger partial charge is 0.0790 e. The number of hydrogen-bond acceptors (Lipinski definition) is 1. The minimum atomic E-state index is -0.384. The third-order valence-electron chi connectivity index (χ3n) is 2.47. The molecule has 0 spiro atoms. The van der Waals surface area contributed by atoms with Crippen LogP contribution < -0.4 is 0 Å². The molecule has 1 aromatic rings. The summed E-state index contributed by atoms with van der Waals surface area (Å²) >= 11 is 5.95. The van der Waals surface area contributed by atoms with Gasteiger partial charge >= 0.3 is 0 Å². The van der Waals surface area contributed by atoms with E-state index in [1.807, 2.05) is 25.1 Å². The summed E-state index contributed by atoms with van der Waals surface area (Å²) in [5.41, 5.74) is 2.03. The first-order valence-electron chi connectivity index (χ1n) is 5.44. The normalized spacial score (nSPS) is 13.2. The highest BCUT2D eigenvalue weighted by Crippen LogP contribution is 2.24. The van der Waals surface area contributed by atoms with Crippen LogP contribution in [0.5, 0.6) is 0 Å². The molecule has 1 aromatic carbocycles. The molecule has 0 aliphatic rings. The Bertz CT molecular complexity index is 300. The van der Waals surface area contributed by atoms with Gasteiger partial charge in [-0.05, 0) is 48.9 Å². The number of rotatable bonds is 4. The number of aliphatic hydroxyl groups excluding tert-OH is 1. The summed E-state index contributed by atoms with van der Waals surface area (Å²) < 4.78 is 0. The average molecular weight is 227 g/mol. The van der Waals surface area contributed by atoms with Crippen LogP contribution in [0.3, 0.4) is 0 Å². The summed E-state index contributed by atoms with van der Waals surface area (Å²) in [4.78, 5) is 0. The predicted molar refractivity (Wildman–Crippen MR) is 65.2 cm³/mol. The van der Waals surface area contributed by atoms with Crippen LogP contribution in [0.2, 0.25) is 5.02 Å². The Morgan fingerprint density at radius 1 is 1.20 bits per heavy atom. The topological polar surface area (TPSA) is 20.2 Å². The van der Waals surface area contributed by atoms with Gasteiger partial charge < -0.3 is 5.11 Å². The zero-order valence-corrected chi connectivity index (χ0v) is 10.4. The van der Waals surface area contributed by atoms with Gasteiger partial charge in [-0.25, -0.2) is 0 Å². The third kappa shape index (κ3) is 4.23. The molecule has 1 N–H and O–H groups in total. The molecule has 1 unspecified atom stereocenters. The van der Waals surface area contributed by atoms with Crippen molar-refractivity contribution < 1.29 is 5.11 Å². The van der Waals surface area contributed by atoms with Gasteiger partial charge in [0, 0.05) is 5.02 Å². The summed E-state index contributed by atoms with van der Waals surface area (Å²) in [6, 6.07) is 5.75. The van der Waals surface area contributed by atoms with Crippen LogP contribution in [-0.4, -0.2) is 5.11 Å². The van der Waals surface area contributed by atoms with Crippen LogP contribution in [0, 0.1) is 12.8 Å². The zero-order chi connectivity index (χ0) is 11.4. The van der Waals surface area contributed by atoms with Crippen LogP contribution in [0.25, 0.3) is 0 Å². The number of aliphatic hydroxyl groups is 1. The molecule has 0 radical (unpaired) electrons. The van der Waals surface area contributed by atoms with E-state index in [9.17, 15) is 5.11 Å². The molecule has 1 rings (SSSR count). The fourth-order valence-electron chi connectivity index (χ4n) is 1.61. The van der Waals surface area contributed by atoms with Crippen molar-refractivity contribution in [1.29, 1.82) is 0 Å². The minimum Gasteiger partial charge on any atom is -0.388 e. The van der Waals surface area contributed by atoms with Crippen molar-refractivity contribution in [2.75, 3.05) is 0 Å². The van der Waals surface area contributed by atoms with E-state index in [2.05, 4.69) is 13.8 Å². The first kappa shape index (κ1) is 12.5. The third-order valence-corrected chi connectivity index (χ3v) is 2.68. The summed E-state index contributed by atoms with van der Waals surface area (Å²) in [6.45, 7) is 6.32. The van der Waals surface area contributed by atoms with Crippen molar-refractivity contribution >= 4 is 11.6 Å². The van der Waals surface area contributed by atoms with Crippen LogP contribution in [-0.2, 0) is 0 Å². The molecule has 2 heteroatoms. The van der Waals surface area contributed by atoms with E-state index < -0.39 is 0 Å². The van der Waals surface area contributed by atoms with E-state index in [-0.39, 0.29) is 6.10 Å². The molecule has 0 aromatic heterocycles. The molecule has 0 amide bonds. The molecule has 0 aliphatic carbocycles. The monoisotopic (exact) mass is 226 g/mol. The van der Waals surface area contributed by atoms with Crippen LogP contribution >= 0.6 is 11.6 Å². The molecule has 0 heterocycles. The quantitative estimate of drug-likeness (QED) is 0.819. The lowest BCUT2D eigenvalue weighted by atomic mass is 9.99. The first-order valence-corrected chi connectivity index (χ1v) is 5.82. The number of halogens is 1. The van der Waals surface area contributed by atoms with Gasteiger partial charge in [0.15, 0.2) is 0 Å². The summed E-state index contributed by atoms with van der Waals surface area (Å²) in [5, 5.41) is 10.7. The van der Waals surface area contributed by atoms with Gasteiger partial charge in [-0.15, -0.1) is 0 Å². The Kier molecular flexibility index (Phi) is 4.62. The van der Waals surface area contributed by atoms with Gasteiger partial charge in [0.25, 0.3) is 0 Å². The Labute approximate surface area is 97.1 Å². The standard InChI is InChI=1S/C13H19ClO/c1-9(2)4-5-13(15)11-6-10(3)7-12(14)8-11/h6-9,13,15H,4-5H2,1-3H3. The van der Waals surface area contributed by atoms with Gasteiger partial charge in [0.1, 0.15) is 0 Å². The Balaban J connectivity index is 2.68. The van der Waals surface area contributed by atoms with Gasteiger partial charge in [0.2, 0.25) is 0 Å². The average Bonchev–Trinajstić information content (AvgIpc) is 2.12.